The number of aliphatic hydroxyl groups is 1. The molecule has 0 saturated carbocycles. The van der Waals surface area contributed by atoms with Crippen molar-refractivity contribution in [2.24, 2.45) is 0 Å². The molecule has 90 valence electrons. The van der Waals surface area contributed by atoms with Gasteiger partial charge in [-0.3, -0.25) is 0 Å². The fourth-order valence-corrected chi connectivity index (χ4v) is 1.06. The molecule has 15 heavy (non-hydrogen) atoms. The quantitative estimate of drug-likeness (QED) is 0.386. The van der Waals surface area contributed by atoms with Crippen LogP contribution in [0, 0.1) is 0 Å². The van der Waals surface area contributed by atoms with E-state index in [4.69, 9.17) is 24.1 Å². The Bertz CT molecular complexity index is 138. The van der Waals surface area contributed by atoms with Crippen LogP contribution in [0.25, 0.3) is 0 Å². The highest BCUT2D eigenvalue weighted by atomic mass is 16.6. The third kappa shape index (κ3) is 8.77. The van der Waals surface area contributed by atoms with Gasteiger partial charge in [0.15, 0.2) is 0 Å². The van der Waals surface area contributed by atoms with E-state index in [1.807, 2.05) is 0 Å². The van der Waals surface area contributed by atoms with Crippen LogP contribution in [0.3, 0.4) is 0 Å². The third-order valence-electron chi connectivity index (χ3n) is 1.97. The lowest BCUT2D eigenvalue weighted by atomic mass is 10.3. The number of epoxide rings is 1. The van der Waals surface area contributed by atoms with Crippen LogP contribution in [0.2, 0.25) is 0 Å². The van der Waals surface area contributed by atoms with Gasteiger partial charge in [0.25, 0.3) is 0 Å². The van der Waals surface area contributed by atoms with E-state index in [1.165, 1.54) is 0 Å². The molecule has 1 aliphatic rings. The van der Waals surface area contributed by atoms with Gasteiger partial charge in [-0.15, -0.1) is 0 Å². The second-order valence-electron chi connectivity index (χ2n) is 3.30. The minimum Gasteiger partial charge on any atom is -0.394 e. The van der Waals surface area contributed by atoms with E-state index in [0.717, 1.165) is 19.6 Å². The van der Waals surface area contributed by atoms with Gasteiger partial charge in [0.1, 0.15) is 0 Å². The van der Waals surface area contributed by atoms with Crippen molar-refractivity contribution >= 4 is 0 Å². The summed E-state index contributed by atoms with van der Waals surface area (Å²) in [6.07, 6.45) is 1.43. The molecular formula is C10H20O5. The minimum atomic E-state index is 0.0619. The molecule has 5 nitrogen and oxygen atoms in total. The highest BCUT2D eigenvalue weighted by Gasteiger charge is 2.21. The largest absolute Gasteiger partial charge is 0.394 e. The summed E-state index contributed by atoms with van der Waals surface area (Å²) in [5, 5.41) is 8.42. The summed E-state index contributed by atoms with van der Waals surface area (Å²) < 4.78 is 20.6. The molecular weight excluding hydrogens is 200 g/mol. The van der Waals surface area contributed by atoms with Crippen molar-refractivity contribution in [3.05, 3.63) is 0 Å². The van der Waals surface area contributed by atoms with E-state index in [-0.39, 0.29) is 6.61 Å². The van der Waals surface area contributed by atoms with E-state index >= 15 is 0 Å². The maximum atomic E-state index is 8.42. The molecule has 0 spiro atoms. The lowest BCUT2D eigenvalue weighted by Gasteiger charge is -2.05. The molecule has 1 heterocycles. The lowest BCUT2D eigenvalue weighted by Crippen LogP contribution is -2.11. The van der Waals surface area contributed by atoms with Crippen molar-refractivity contribution in [1.29, 1.82) is 0 Å². The fraction of sp³-hybridized carbons (Fsp3) is 1.00. The average molecular weight is 220 g/mol. The minimum absolute atomic E-state index is 0.0619. The maximum Gasteiger partial charge on any atom is 0.0831 e. The van der Waals surface area contributed by atoms with E-state index in [9.17, 15) is 0 Å². The molecule has 5 heteroatoms. The number of aliphatic hydroxyl groups excluding tert-OH is 1. The highest BCUT2D eigenvalue weighted by molar-refractivity contribution is 4.67. The van der Waals surface area contributed by atoms with Gasteiger partial charge in [-0.1, -0.05) is 0 Å². The van der Waals surface area contributed by atoms with Crippen LogP contribution in [0.1, 0.15) is 6.42 Å². The topological polar surface area (TPSA) is 60.5 Å². The van der Waals surface area contributed by atoms with Crippen LogP contribution in [0.4, 0.5) is 0 Å². The molecule has 1 fully saturated rings. The maximum absolute atomic E-state index is 8.42. The Morgan fingerprint density at radius 2 is 1.47 bits per heavy atom. The first-order valence-electron chi connectivity index (χ1n) is 5.39. The Labute approximate surface area is 90.3 Å². The standard InChI is InChI=1S/C10H20O5/c11-2-4-13-6-8-14-7-5-12-3-1-10-9-15-10/h10-11H,1-9H2. The first-order valence-corrected chi connectivity index (χ1v) is 5.39. The summed E-state index contributed by atoms with van der Waals surface area (Å²) in [5.41, 5.74) is 0. The van der Waals surface area contributed by atoms with Crippen molar-refractivity contribution in [3.63, 3.8) is 0 Å². The molecule has 0 radical (unpaired) electrons. The fourth-order valence-electron chi connectivity index (χ4n) is 1.06. The van der Waals surface area contributed by atoms with Gasteiger partial charge in [-0.2, -0.15) is 0 Å². The zero-order valence-electron chi connectivity index (χ0n) is 9.02. The van der Waals surface area contributed by atoms with E-state index in [2.05, 4.69) is 0 Å². The molecule has 1 rings (SSSR count). The predicted octanol–water partition coefficient (Wildman–Crippen LogP) is -0.183. The van der Waals surface area contributed by atoms with Gasteiger partial charge in [0.05, 0.1) is 52.4 Å². The van der Waals surface area contributed by atoms with Crippen molar-refractivity contribution in [2.75, 3.05) is 52.9 Å². The number of hydrogen-bond acceptors (Lipinski definition) is 5. The molecule has 0 aromatic heterocycles. The first-order chi connectivity index (χ1) is 7.43. The van der Waals surface area contributed by atoms with E-state index < -0.39 is 0 Å². The van der Waals surface area contributed by atoms with Crippen LogP contribution in [0.15, 0.2) is 0 Å². The Kier molecular flexibility index (Phi) is 7.77. The van der Waals surface area contributed by atoms with Crippen LogP contribution in [-0.2, 0) is 18.9 Å². The SMILES string of the molecule is OCCOCCOCCOCCC1CO1. The Balaban J connectivity index is 1.62. The average Bonchev–Trinajstić information content (AvgIpc) is 3.05. The third-order valence-corrected chi connectivity index (χ3v) is 1.97. The smallest absolute Gasteiger partial charge is 0.0831 e. The van der Waals surface area contributed by atoms with Crippen molar-refractivity contribution < 1.29 is 24.1 Å². The summed E-state index contributed by atoms with van der Waals surface area (Å²) >= 11 is 0. The summed E-state index contributed by atoms with van der Waals surface area (Å²) in [5.74, 6) is 0. The number of rotatable bonds is 11. The highest BCUT2D eigenvalue weighted by Crippen LogP contribution is 2.12. The molecule has 0 amide bonds. The first kappa shape index (κ1) is 12.9. The zero-order chi connectivity index (χ0) is 10.8. The van der Waals surface area contributed by atoms with Crippen molar-refractivity contribution in [3.8, 4) is 0 Å². The zero-order valence-corrected chi connectivity index (χ0v) is 9.02. The molecule has 1 aliphatic heterocycles. The second-order valence-corrected chi connectivity index (χ2v) is 3.30. The summed E-state index contributed by atoms with van der Waals surface area (Å²) in [6, 6.07) is 0. The summed E-state index contributed by atoms with van der Waals surface area (Å²) in [7, 11) is 0. The van der Waals surface area contributed by atoms with Gasteiger partial charge < -0.3 is 24.1 Å². The number of hydrogen-bond donors (Lipinski definition) is 1. The van der Waals surface area contributed by atoms with Crippen molar-refractivity contribution in [2.45, 2.75) is 12.5 Å². The molecule has 1 saturated heterocycles. The Hall–Kier alpha value is -0.200. The molecule has 0 aliphatic carbocycles. The molecule has 1 unspecified atom stereocenters. The van der Waals surface area contributed by atoms with Crippen LogP contribution >= 0.6 is 0 Å². The molecule has 0 bridgehead atoms. The Morgan fingerprint density at radius 1 is 0.933 bits per heavy atom. The van der Waals surface area contributed by atoms with E-state index in [1.54, 1.807) is 0 Å². The van der Waals surface area contributed by atoms with Gasteiger partial charge in [-0.25, -0.2) is 0 Å². The van der Waals surface area contributed by atoms with Crippen LogP contribution < -0.4 is 0 Å². The van der Waals surface area contributed by atoms with Gasteiger partial charge in [0, 0.05) is 6.61 Å². The van der Waals surface area contributed by atoms with Gasteiger partial charge in [-0.05, 0) is 6.42 Å². The lowest BCUT2D eigenvalue weighted by molar-refractivity contribution is 0.00680. The van der Waals surface area contributed by atoms with Gasteiger partial charge >= 0.3 is 0 Å². The summed E-state index contributed by atoms with van der Waals surface area (Å²) in [6.45, 7) is 4.36. The summed E-state index contributed by atoms with van der Waals surface area (Å²) in [4.78, 5) is 0. The normalized spacial score (nSPS) is 19.4. The number of ether oxygens (including phenoxy) is 4. The monoisotopic (exact) mass is 220 g/mol. The Morgan fingerprint density at radius 3 is 2.00 bits per heavy atom. The van der Waals surface area contributed by atoms with Crippen LogP contribution in [0.5, 0.6) is 0 Å². The molecule has 0 aromatic rings. The molecule has 1 atom stereocenters. The molecule has 1 N–H and O–H groups in total. The van der Waals surface area contributed by atoms with Crippen molar-refractivity contribution in [1.82, 2.24) is 0 Å². The van der Waals surface area contributed by atoms with Gasteiger partial charge in [0.2, 0.25) is 0 Å². The van der Waals surface area contributed by atoms with E-state index in [0.29, 0.717) is 39.1 Å². The predicted molar refractivity (Wildman–Crippen MR) is 53.9 cm³/mol. The molecule has 0 aromatic carbocycles. The second kappa shape index (κ2) is 9.06. The van der Waals surface area contributed by atoms with Crippen LogP contribution in [-0.4, -0.2) is 64.1 Å².